The van der Waals surface area contributed by atoms with Crippen LogP contribution >= 0.6 is 11.6 Å². The number of rotatable bonds is 5. The van der Waals surface area contributed by atoms with Crippen molar-refractivity contribution in [1.82, 2.24) is 20.2 Å². The van der Waals surface area contributed by atoms with Crippen molar-refractivity contribution in [1.29, 1.82) is 0 Å². The summed E-state index contributed by atoms with van der Waals surface area (Å²) in [5.74, 6) is 1.66. The number of anilines is 1. The standard InChI is InChI=1S/C11H14ClN5OS/c1-2-19(18)6-5-17-11(14-15-16-17)9-7-8(13)3-4-10(9)12/h3-4,7H,2,5-6,13H2,1H3. The third-order valence-corrected chi connectivity index (χ3v) is 4.23. The van der Waals surface area contributed by atoms with Gasteiger partial charge >= 0.3 is 0 Å². The molecule has 0 aliphatic heterocycles. The van der Waals surface area contributed by atoms with Gasteiger partial charge in [0, 0.05) is 33.6 Å². The minimum absolute atomic E-state index is 0.480. The van der Waals surface area contributed by atoms with Gasteiger partial charge in [-0.1, -0.05) is 18.5 Å². The molecule has 0 saturated heterocycles. The molecule has 1 atom stereocenters. The van der Waals surface area contributed by atoms with Crippen LogP contribution in [0.3, 0.4) is 0 Å². The van der Waals surface area contributed by atoms with Crippen molar-refractivity contribution < 1.29 is 4.21 Å². The minimum Gasteiger partial charge on any atom is -0.399 e. The van der Waals surface area contributed by atoms with Crippen LogP contribution in [-0.4, -0.2) is 35.9 Å². The summed E-state index contributed by atoms with van der Waals surface area (Å²) >= 11 is 6.13. The molecule has 102 valence electrons. The minimum atomic E-state index is -0.860. The molecule has 2 rings (SSSR count). The number of aromatic nitrogens is 4. The molecule has 0 radical (unpaired) electrons. The van der Waals surface area contributed by atoms with Gasteiger partial charge in [-0.05, 0) is 28.6 Å². The van der Waals surface area contributed by atoms with E-state index < -0.39 is 10.8 Å². The number of tetrazole rings is 1. The highest BCUT2D eigenvalue weighted by Gasteiger charge is 2.13. The van der Waals surface area contributed by atoms with Gasteiger partial charge in [-0.15, -0.1) is 5.10 Å². The Labute approximate surface area is 118 Å². The SMILES string of the molecule is CCS(=O)CCn1nnnc1-c1cc(N)ccc1Cl. The number of nitrogens with zero attached hydrogens (tertiary/aromatic N) is 4. The molecule has 0 amide bonds. The van der Waals surface area contributed by atoms with Crippen molar-refractivity contribution in [3.05, 3.63) is 23.2 Å². The van der Waals surface area contributed by atoms with Gasteiger partial charge in [0.05, 0.1) is 11.6 Å². The largest absolute Gasteiger partial charge is 0.399 e. The molecule has 1 heterocycles. The molecule has 1 unspecified atom stereocenters. The third kappa shape index (κ3) is 3.30. The third-order valence-electron chi connectivity index (χ3n) is 2.62. The van der Waals surface area contributed by atoms with Crippen LogP contribution in [0.1, 0.15) is 6.92 Å². The predicted octanol–water partition coefficient (Wildman–Crippen LogP) is 1.34. The van der Waals surface area contributed by atoms with Gasteiger partial charge in [0.25, 0.3) is 0 Å². The maximum absolute atomic E-state index is 11.5. The van der Waals surface area contributed by atoms with Crippen molar-refractivity contribution in [3.63, 3.8) is 0 Å². The summed E-state index contributed by atoms with van der Waals surface area (Å²) in [6.07, 6.45) is 0. The number of benzene rings is 1. The lowest BCUT2D eigenvalue weighted by molar-refractivity contribution is 0.624. The molecule has 1 aromatic carbocycles. The van der Waals surface area contributed by atoms with Crippen molar-refractivity contribution in [2.45, 2.75) is 13.5 Å². The van der Waals surface area contributed by atoms with E-state index in [-0.39, 0.29) is 0 Å². The molecule has 6 nitrogen and oxygen atoms in total. The zero-order valence-corrected chi connectivity index (χ0v) is 12.0. The number of halogens is 1. The highest BCUT2D eigenvalue weighted by atomic mass is 35.5. The van der Waals surface area contributed by atoms with Crippen LogP contribution in [0, 0.1) is 0 Å². The molecule has 0 spiro atoms. The summed E-state index contributed by atoms with van der Waals surface area (Å²) in [7, 11) is -0.860. The monoisotopic (exact) mass is 299 g/mol. The highest BCUT2D eigenvalue weighted by Crippen LogP contribution is 2.27. The molecular weight excluding hydrogens is 286 g/mol. The second kappa shape index (κ2) is 6.12. The number of aryl methyl sites for hydroxylation is 1. The first-order chi connectivity index (χ1) is 9.11. The zero-order chi connectivity index (χ0) is 13.8. The van der Waals surface area contributed by atoms with E-state index in [9.17, 15) is 4.21 Å². The van der Waals surface area contributed by atoms with E-state index in [0.29, 0.717) is 40.1 Å². The first kappa shape index (κ1) is 14.0. The summed E-state index contributed by atoms with van der Waals surface area (Å²) in [6, 6.07) is 5.14. The fourth-order valence-corrected chi connectivity index (χ4v) is 2.46. The Balaban J connectivity index is 2.28. The van der Waals surface area contributed by atoms with E-state index in [2.05, 4.69) is 15.5 Å². The first-order valence-corrected chi connectivity index (χ1v) is 7.65. The average molecular weight is 300 g/mol. The van der Waals surface area contributed by atoms with Crippen molar-refractivity contribution in [2.75, 3.05) is 17.2 Å². The van der Waals surface area contributed by atoms with Crippen molar-refractivity contribution in [3.8, 4) is 11.4 Å². The van der Waals surface area contributed by atoms with Crippen LogP contribution in [0.15, 0.2) is 18.2 Å². The molecule has 2 N–H and O–H groups in total. The van der Waals surface area contributed by atoms with E-state index in [1.807, 2.05) is 6.92 Å². The van der Waals surface area contributed by atoms with Crippen molar-refractivity contribution >= 4 is 28.1 Å². The van der Waals surface area contributed by atoms with Crippen LogP contribution in [0.5, 0.6) is 0 Å². The molecule has 0 bridgehead atoms. The number of hydrogen-bond acceptors (Lipinski definition) is 5. The molecular formula is C11H14ClN5OS. The van der Waals surface area contributed by atoms with E-state index in [4.69, 9.17) is 17.3 Å². The maximum atomic E-state index is 11.5. The normalized spacial score (nSPS) is 12.5. The van der Waals surface area contributed by atoms with Crippen LogP contribution in [0.25, 0.3) is 11.4 Å². The average Bonchev–Trinajstić information content (AvgIpc) is 2.87. The Kier molecular flexibility index (Phi) is 4.49. The fourth-order valence-electron chi connectivity index (χ4n) is 1.60. The topological polar surface area (TPSA) is 86.7 Å². The summed E-state index contributed by atoms with van der Waals surface area (Å²) in [6.45, 7) is 2.36. The van der Waals surface area contributed by atoms with E-state index in [0.717, 1.165) is 0 Å². The molecule has 0 aliphatic carbocycles. The van der Waals surface area contributed by atoms with E-state index in [1.54, 1.807) is 22.9 Å². The summed E-state index contributed by atoms with van der Waals surface area (Å²) < 4.78 is 13.1. The Morgan fingerprint density at radius 3 is 3.00 bits per heavy atom. The van der Waals surface area contributed by atoms with Crippen LogP contribution < -0.4 is 5.73 Å². The lowest BCUT2D eigenvalue weighted by Gasteiger charge is -2.06. The zero-order valence-electron chi connectivity index (χ0n) is 10.4. The quantitative estimate of drug-likeness (QED) is 0.842. The fraction of sp³-hybridized carbons (Fsp3) is 0.364. The number of nitrogens with two attached hydrogens (primary N) is 1. The summed E-state index contributed by atoms with van der Waals surface area (Å²) in [5, 5.41) is 12.0. The summed E-state index contributed by atoms with van der Waals surface area (Å²) in [4.78, 5) is 0. The van der Waals surface area contributed by atoms with Gasteiger partial charge in [-0.2, -0.15) is 0 Å². The van der Waals surface area contributed by atoms with Gasteiger partial charge in [-0.3, -0.25) is 4.21 Å². The lowest BCUT2D eigenvalue weighted by Crippen LogP contribution is -2.11. The Morgan fingerprint density at radius 2 is 2.26 bits per heavy atom. The molecule has 8 heteroatoms. The Bertz CT molecular complexity index is 601. The molecule has 2 aromatic rings. The maximum Gasteiger partial charge on any atom is 0.183 e. The van der Waals surface area contributed by atoms with E-state index in [1.165, 1.54) is 0 Å². The van der Waals surface area contributed by atoms with Crippen LogP contribution in [0.4, 0.5) is 5.69 Å². The van der Waals surface area contributed by atoms with Crippen LogP contribution in [0.2, 0.25) is 5.02 Å². The van der Waals surface area contributed by atoms with Gasteiger partial charge < -0.3 is 5.73 Å². The number of nitrogen functional groups attached to an aromatic ring is 1. The van der Waals surface area contributed by atoms with Crippen molar-refractivity contribution in [2.24, 2.45) is 0 Å². The van der Waals surface area contributed by atoms with Gasteiger partial charge in [0.15, 0.2) is 5.82 Å². The number of hydrogen-bond donors (Lipinski definition) is 1. The summed E-state index contributed by atoms with van der Waals surface area (Å²) in [5.41, 5.74) is 7.01. The molecule has 0 saturated carbocycles. The van der Waals surface area contributed by atoms with Gasteiger partial charge in [-0.25, -0.2) is 4.68 Å². The van der Waals surface area contributed by atoms with Gasteiger partial charge in [0.2, 0.25) is 0 Å². The second-order valence-electron chi connectivity index (χ2n) is 3.90. The molecule has 0 aliphatic rings. The highest BCUT2D eigenvalue weighted by molar-refractivity contribution is 7.84. The lowest BCUT2D eigenvalue weighted by atomic mass is 10.2. The smallest absolute Gasteiger partial charge is 0.183 e. The Morgan fingerprint density at radius 1 is 1.47 bits per heavy atom. The van der Waals surface area contributed by atoms with Gasteiger partial charge in [0.1, 0.15) is 0 Å². The Hall–Kier alpha value is -1.47. The van der Waals surface area contributed by atoms with Crippen LogP contribution in [-0.2, 0) is 17.3 Å². The first-order valence-electron chi connectivity index (χ1n) is 5.78. The molecule has 19 heavy (non-hydrogen) atoms. The predicted molar refractivity (Wildman–Crippen MR) is 76.2 cm³/mol. The molecule has 0 fully saturated rings. The second-order valence-corrected chi connectivity index (χ2v) is 6.17. The van der Waals surface area contributed by atoms with E-state index >= 15 is 0 Å². The molecule has 1 aromatic heterocycles.